The van der Waals surface area contributed by atoms with Crippen molar-refractivity contribution in [1.82, 2.24) is 0 Å². The van der Waals surface area contributed by atoms with Crippen molar-refractivity contribution < 1.29 is 9.47 Å². The van der Waals surface area contributed by atoms with E-state index >= 15 is 0 Å². The number of fused-ring (bicyclic) bond motifs is 2. The van der Waals surface area contributed by atoms with E-state index < -0.39 is 0 Å². The lowest BCUT2D eigenvalue weighted by atomic mass is 10.1. The van der Waals surface area contributed by atoms with Crippen molar-refractivity contribution in [3.63, 3.8) is 0 Å². The van der Waals surface area contributed by atoms with E-state index in [-0.39, 0.29) is 0 Å². The Balaban J connectivity index is 1.61. The molecule has 0 spiro atoms. The van der Waals surface area contributed by atoms with Crippen LogP contribution in [-0.2, 0) is 0 Å². The molecule has 2 aromatic heterocycles. The predicted octanol–water partition coefficient (Wildman–Crippen LogP) is 7.47. The number of thiophene rings is 2. The summed E-state index contributed by atoms with van der Waals surface area (Å²) in [6, 6.07) is 25.5. The first-order valence-electron chi connectivity index (χ1n) is 9.02. The molecule has 0 bridgehead atoms. The minimum absolute atomic E-state index is 0.952. The molecule has 0 fully saturated rings. The third kappa shape index (κ3) is 2.68. The first-order valence-corrected chi connectivity index (χ1v) is 10.7. The Labute approximate surface area is 171 Å². The zero-order chi connectivity index (χ0) is 19.1. The summed E-state index contributed by atoms with van der Waals surface area (Å²) < 4.78 is 14.0. The van der Waals surface area contributed by atoms with Crippen molar-refractivity contribution in [1.29, 1.82) is 0 Å². The summed E-state index contributed by atoms with van der Waals surface area (Å²) in [5.74, 6) is 1.90. The summed E-state index contributed by atoms with van der Waals surface area (Å²) in [6.45, 7) is 0. The first-order chi connectivity index (χ1) is 13.8. The Morgan fingerprint density at radius 1 is 0.536 bits per heavy atom. The topological polar surface area (TPSA) is 18.5 Å². The Kier molecular flexibility index (Phi) is 4.30. The summed E-state index contributed by atoms with van der Waals surface area (Å²) in [5, 5.41) is 2.33. The molecule has 0 radical (unpaired) electrons. The smallest absolute Gasteiger partial charge is 0.145 e. The molecule has 0 saturated carbocycles. The van der Waals surface area contributed by atoms with Gasteiger partial charge in [0.25, 0.3) is 0 Å². The van der Waals surface area contributed by atoms with Crippen LogP contribution in [0.2, 0.25) is 0 Å². The molecule has 5 aromatic rings. The van der Waals surface area contributed by atoms with Crippen molar-refractivity contribution in [2.24, 2.45) is 0 Å². The van der Waals surface area contributed by atoms with Gasteiger partial charge in [0.2, 0.25) is 0 Å². The largest absolute Gasteiger partial charge is 0.495 e. The highest BCUT2D eigenvalue weighted by Gasteiger charge is 2.17. The molecule has 138 valence electrons. The second-order valence-corrected chi connectivity index (χ2v) is 8.60. The Morgan fingerprint density at radius 2 is 0.929 bits per heavy atom. The third-order valence-electron chi connectivity index (χ3n) is 4.92. The van der Waals surface area contributed by atoms with Gasteiger partial charge >= 0.3 is 0 Å². The molecule has 3 aromatic carbocycles. The predicted molar refractivity (Wildman–Crippen MR) is 121 cm³/mol. The monoisotopic (exact) mass is 402 g/mol. The van der Waals surface area contributed by atoms with E-state index in [9.17, 15) is 0 Å². The molecule has 2 nitrogen and oxygen atoms in total. The maximum absolute atomic E-state index is 5.74. The van der Waals surface area contributed by atoms with Gasteiger partial charge in [-0.3, -0.25) is 0 Å². The van der Waals surface area contributed by atoms with E-state index in [1.54, 1.807) is 36.9 Å². The molecular weight excluding hydrogens is 384 g/mol. The SMILES string of the molecule is COc1c(-c2ccc(-c3sc4ccccc4c3OC)cc2)sc2ccccc12. The lowest BCUT2D eigenvalue weighted by molar-refractivity contribution is 0.422. The zero-order valence-corrected chi connectivity index (χ0v) is 17.2. The van der Waals surface area contributed by atoms with Crippen LogP contribution in [0.3, 0.4) is 0 Å². The van der Waals surface area contributed by atoms with Crippen molar-refractivity contribution in [3.8, 4) is 32.4 Å². The van der Waals surface area contributed by atoms with Gasteiger partial charge in [-0.25, -0.2) is 0 Å². The minimum Gasteiger partial charge on any atom is -0.495 e. The van der Waals surface area contributed by atoms with Gasteiger partial charge < -0.3 is 9.47 Å². The zero-order valence-electron chi connectivity index (χ0n) is 15.6. The Hall–Kier alpha value is -2.82. The van der Waals surface area contributed by atoms with Crippen molar-refractivity contribution in [2.75, 3.05) is 14.2 Å². The van der Waals surface area contributed by atoms with Gasteiger partial charge in [-0.1, -0.05) is 48.5 Å². The number of benzene rings is 3. The fourth-order valence-electron chi connectivity index (χ4n) is 3.60. The van der Waals surface area contributed by atoms with Crippen molar-refractivity contribution in [3.05, 3.63) is 72.8 Å². The standard InChI is InChI=1S/C24H18O2S2/c1-25-21-17-7-3-5-9-19(17)27-23(21)15-11-13-16(14-12-15)24-22(26-2)18-8-4-6-10-20(18)28-24/h3-14H,1-2H3. The van der Waals surface area contributed by atoms with Crippen LogP contribution >= 0.6 is 22.7 Å². The van der Waals surface area contributed by atoms with E-state index in [2.05, 4.69) is 72.8 Å². The highest BCUT2D eigenvalue weighted by Crippen LogP contribution is 2.47. The number of hydrogen-bond donors (Lipinski definition) is 0. The first kappa shape index (κ1) is 17.3. The highest BCUT2D eigenvalue weighted by molar-refractivity contribution is 7.23. The van der Waals surface area contributed by atoms with Crippen LogP contribution in [0, 0.1) is 0 Å². The molecule has 4 heteroatoms. The molecule has 0 aliphatic carbocycles. The van der Waals surface area contributed by atoms with E-state index in [4.69, 9.17) is 9.47 Å². The average molecular weight is 403 g/mol. The lowest BCUT2D eigenvalue weighted by Gasteiger charge is -2.06. The van der Waals surface area contributed by atoms with Crippen molar-refractivity contribution in [2.45, 2.75) is 0 Å². The lowest BCUT2D eigenvalue weighted by Crippen LogP contribution is -1.85. The molecule has 28 heavy (non-hydrogen) atoms. The van der Waals surface area contributed by atoms with E-state index in [1.807, 2.05) is 0 Å². The van der Waals surface area contributed by atoms with Gasteiger partial charge in [0, 0.05) is 20.2 Å². The normalized spacial score (nSPS) is 11.2. The van der Waals surface area contributed by atoms with Crippen LogP contribution in [0.15, 0.2) is 72.8 Å². The van der Waals surface area contributed by atoms with Gasteiger partial charge in [-0.05, 0) is 35.4 Å². The van der Waals surface area contributed by atoms with Gasteiger partial charge in [-0.2, -0.15) is 0 Å². The molecule has 0 aliphatic heterocycles. The molecule has 0 N–H and O–H groups in total. The molecule has 0 aliphatic rings. The third-order valence-corrected chi connectivity index (χ3v) is 7.32. The summed E-state index contributed by atoms with van der Waals surface area (Å²) in [4.78, 5) is 2.33. The van der Waals surface area contributed by atoms with Crippen molar-refractivity contribution >= 4 is 42.8 Å². The summed E-state index contributed by atoms with van der Waals surface area (Å²) in [6.07, 6.45) is 0. The Bertz CT molecular complexity index is 1180. The van der Waals surface area contributed by atoms with Crippen LogP contribution in [-0.4, -0.2) is 14.2 Å². The maximum Gasteiger partial charge on any atom is 0.145 e. The fraction of sp³-hybridized carbons (Fsp3) is 0.0833. The summed E-state index contributed by atoms with van der Waals surface area (Å²) in [7, 11) is 3.49. The molecule has 2 heterocycles. The molecule has 0 unspecified atom stereocenters. The number of ether oxygens (including phenoxy) is 2. The van der Waals surface area contributed by atoms with Gasteiger partial charge in [0.15, 0.2) is 0 Å². The molecule has 0 atom stereocenters. The Morgan fingerprint density at radius 3 is 1.32 bits per heavy atom. The summed E-state index contributed by atoms with van der Waals surface area (Å²) in [5.41, 5.74) is 2.34. The van der Waals surface area contributed by atoms with Crippen LogP contribution in [0.25, 0.3) is 41.1 Å². The molecule has 0 amide bonds. The quantitative estimate of drug-likeness (QED) is 0.310. The maximum atomic E-state index is 5.74. The van der Waals surface area contributed by atoms with Gasteiger partial charge in [0.1, 0.15) is 11.5 Å². The number of hydrogen-bond acceptors (Lipinski definition) is 4. The highest BCUT2D eigenvalue weighted by atomic mass is 32.1. The second kappa shape index (κ2) is 6.97. The number of rotatable bonds is 4. The van der Waals surface area contributed by atoms with E-state index in [0.29, 0.717) is 0 Å². The van der Waals surface area contributed by atoms with Crippen LogP contribution < -0.4 is 9.47 Å². The number of methoxy groups -OCH3 is 2. The minimum atomic E-state index is 0.952. The van der Waals surface area contributed by atoms with Crippen LogP contribution in [0.5, 0.6) is 11.5 Å². The van der Waals surface area contributed by atoms with E-state index in [0.717, 1.165) is 11.5 Å². The van der Waals surface area contributed by atoms with Crippen LogP contribution in [0.4, 0.5) is 0 Å². The van der Waals surface area contributed by atoms with Gasteiger partial charge in [-0.15, -0.1) is 22.7 Å². The molecule has 5 rings (SSSR count). The summed E-state index contributed by atoms with van der Waals surface area (Å²) >= 11 is 3.54. The van der Waals surface area contributed by atoms with E-state index in [1.165, 1.54) is 41.1 Å². The average Bonchev–Trinajstić information content (AvgIpc) is 3.31. The van der Waals surface area contributed by atoms with Crippen LogP contribution in [0.1, 0.15) is 0 Å². The molecular formula is C24H18O2S2. The second-order valence-electron chi connectivity index (χ2n) is 6.50. The van der Waals surface area contributed by atoms with Gasteiger partial charge in [0.05, 0.1) is 24.0 Å². The molecule has 0 saturated heterocycles. The fourth-order valence-corrected chi connectivity index (χ4v) is 5.96.